The number of ether oxygens (including phenoxy) is 8. The Morgan fingerprint density at radius 1 is 0.623 bits per heavy atom. The second kappa shape index (κ2) is 23.1. The maximum absolute atomic E-state index is 12.9. The lowest BCUT2D eigenvalue weighted by molar-refractivity contribution is -0.377. The molecule has 0 amide bonds. The largest absolute Gasteiger partial charge is 0.394 e. The zero-order chi connectivity index (χ0) is 56.8. The minimum Gasteiger partial charge on any atom is -0.394 e. The SMILES string of the molecule is C=C(C)[C@H](O)CC[C@](C)(O[C@@H]1O[C@H](CO[C@@H]2O[C@H](CO)[C@@H](O)[C@H](O)[C@H]2O)[C@@H](O)[C@H](O)[C@H]1O)[C@H]1CC[C@]2(C)[C@@H]1CC[C@@H]1[C@@]3(C)CC[C@H](O[C@@H]4O[C@H](CO)[C@@H](O)[C@H](O)[C@H]4O[C@@H]4O[C@@H](C)[C@H](O)[C@@H](O)[C@H]4O)C(C)(C)[C@@H]3C[C@H](O)[C@]12C. The first kappa shape index (κ1) is 61.9. The van der Waals surface area contributed by atoms with Gasteiger partial charge in [0.25, 0.3) is 0 Å². The molecule has 4 saturated carbocycles. The molecule has 8 fully saturated rings. The fourth-order valence-electron chi connectivity index (χ4n) is 16.2. The first-order chi connectivity index (χ1) is 35.9. The summed E-state index contributed by atoms with van der Waals surface area (Å²) >= 11 is 0. The summed E-state index contributed by atoms with van der Waals surface area (Å²) in [6.07, 6.45) is -28.2. The van der Waals surface area contributed by atoms with Crippen molar-refractivity contribution >= 4 is 0 Å². The molecule has 0 spiro atoms. The van der Waals surface area contributed by atoms with Crippen LogP contribution < -0.4 is 0 Å². The predicted molar refractivity (Wildman–Crippen MR) is 266 cm³/mol. The van der Waals surface area contributed by atoms with Crippen molar-refractivity contribution in [1.29, 1.82) is 0 Å². The van der Waals surface area contributed by atoms with Gasteiger partial charge in [-0.2, -0.15) is 0 Å². The van der Waals surface area contributed by atoms with Crippen molar-refractivity contribution in [2.75, 3.05) is 19.8 Å². The van der Waals surface area contributed by atoms with E-state index in [0.29, 0.717) is 37.7 Å². The molecule has 15 N–H and O–H groups in total. The normalized spacial score (nSPS) is 53.1. The van der Waals surface area contributed by atoms with Crippen LogP contribution in [0.2, 0.25) is 0 Å². The van der Waals surface area contributed by atoms with Crippen LogP contribution in [0.3, 0.4) is 0 Å². The van der Waals surface area contributed by atoms with E-state index in [2.05, 4.69) is 41.2 Å². The van der Waals surface area contributed by atoms with Gasteiger partial charge in [0.15, 0.2) is 25.2 Å². The summed E-state index contributed by atoms with van der Waals surface area (Å²) in [6, 6.07) is 0. The van der Waals surface area contributed by atoms with E-state index in [1.54, 1.807) is 6.92 Å². The molecular weight excluding hydrogens is 1020 g/mol. The van der Waals surface area contributed by atoms with E-state index in [-0.39, 0.29) is 41.9 Å². The van der Waals surface area contributed by atoms with Gasteiger partial charge in [-0.1, -0.05) is 46.8 Å². The van der Waals surface area contributed by atoms with Crippen molar-refractivity contribution in [3.05, 3.63) is 12.2 Å². The molecule has 8 aliphatic rings. The van der Waals surface area contributed by atoms with Crippen LogP contribution in [-0.4, -0.2) is 243 Å². The second-order valence-electron chi connectivity index (χ2n) is 25.7. The molecule has 4 saturated heterocycles. The van der Waals surface area contributed by atoms with Crippen LogP contribution >= 0.6 is 0 Å². The third-order valence-corrected chi connectivity index (χ3v) is 21.2. The molecule has 8 rings (SSSR count). The highest BCUT2D eigenvalue weighted by molar-refractivity contribution is 5.21. The molecule has 77 heavy (non-hydrogen) atoms. The standard InChI is InChI=1S/C54H92O23/c1-22(2)26(57)13-17-53(8,77-48-44(69)40(65)37(62)29(74-48)21-70-46-42(67)39(64)35(60)27(19-55)72-46)25-12-16-52(7)24(25)10-11-30-51(6)15-14-33(50(4,5)31(51)18-32(58)54(30,52)9)75-49-45(41(66)36(61)28(20-56)73-49)76-47-43(68)38(63)34(59)23(3)71-47/h23-49,55-69H,1,10-21H2,2-9H3/t23-,24+,25-,26+,27+,28+,29+,30+,31-,32-,33-,34-,35+,36+,37+,38+,39-,40-,41-,42+,43+,44+,45+,46+,47-,48-,49-,51+,52+,53-,54-/m0/s1. The maximum atomic E-state index is 12.9. The first-order valence-corrected chi connectivity index (χ1v) is 27.9. The fraction of sp³-hybridized carbons (Fsp3) is 0.963. The summed E-state index contributed by atoms with van der Waals surface area (Å²) < 4.78 is 49.0. The average molecular weight is 1110 g/mol. The highest BCUT2D eigenvalue weighted by Gasteiger charge is 2.73. The zero-order valence-electron chi connectivity index (χ0n) is 45.8. The van der Waals surface area contributed by atoms with Crippen LogP contribution in [0.1, 0.15) is 113 Å². The van der Waals surface area contributed by atoms with E-state index in [9.17, 15) is 76.6 Å². The number of fused-ring (bicyclic) bond motifs is 5. The quantitative estimate of drug-likeness (QED) is 0.0576. The van der Waals surface area contributed by atoms with Gasteiger partial charge in [0.05, 0.1) is 49.8 Å². The molecule has 23 nitrogen and oxygen atoms in total. The van der Waals surface area contributed by atoms with E-state index in [0.717, 1.165) is 12.8 Å². The summed E-state index contributed by atoms with van der Waals surface area (Å²) in [7, 11) is 0. The average Bonchev–Trinajstić information content (AvgIpc) is 4.03. The summed E-state index contributed by atoms with van der Waals surface area (Å²) in [5, 5.41) is 163. The van der Waals surface area contributed by atoms with Crippen LogP contribution in [0.15, 0.2) is 12.2 Å². The molecule has 0 unspecified atom stereocenters. The van der Waals surface area contributed by atoms with Gasteiger partial charge in [0, 0.05) is 5.41 Å². The molecule has 446 valence electrons. The maximum Gasteiger partial charge on any atom is 0.187 e. The minimum atomic E-state index is -1.79. The lowest BCUT2D eigenvalue weighted by Gasteiger charge is -2.71. The van der Waals surface area contributed by atoms with Gasteiger partial charge in [0.2, 0.25) is 0 Å². The van der Waals surface area contributed by atoms with E-state index in [1.807, 2.05) is 6.92 Å². The van der Waals surface area contributed by atoms with Gasteiger partial charge in [-0.05, 0) is 118 Å². The van der Waals surface area contributed by atoms with Crippen molar-refractivity contribution in [3.63, 3.8) is 0 Å². The van der Waals surface area contributed by atoms with Gasteiger partial charge in [-0.25, -0.2) is 0 Å². The van der Waals surface area contributed by atoms with Crippen molar-refractivity contribution in [2.45, 2.75) is 260 Å². The van der Waals surface area contributed by atoms with E-state index in [1.165, 1.54) is 6.92 Å². The van der Waals surface area contributed by atoms with Crippen LogP contribution in [0, 0.1) is 45.3 Å². The summed E-state index contributed by atoms with van der Waals surface area (Å²) in [4.78, 5) is 0. The Hall–Kier alpha value is -1.18. The third-order valence-electron chi connectivity index (χ3n) is 21.2. The highest BCUT2D eigenvalue weighted by Crippen LogP contribution is 2.76. The summed E-state index contributed by atoms with van der Waals surface area (Å²) in [5.41, 5.74) is -2.71. The second-order valence-corrected chi connectivity index (χ2v) is 25.7. The molecule has 4 aliphatic carbocycles. The van der Waals surface area contributed by atoms with Crippen LogP contribution in [0.5, 0.6) is 0 Å². The first-order valence-electron chi connectivity index (χ1n) is 27.9. The van der Waals surface area contributed by atoms with Crippen molar-refractivity contribution in [2.24, 2.45) is 45.3 Å². The van der Waals surface area contributed by atoms with Crippen molar-refractivity contribution in [1.82, 2.24) is 0 Å². The number of hydrogen-bond acceptors (Lipinski definition) is 23. The van der Waals surface area contributed by atoms with E-state index in [4.69, 9.17) is 37.9 Å². The lowest BCUT2D eigenvalue weighted by atomic mass is 9.34. The molecular formula is C54H92O23. The molecule has 0 aromatic carbocycles. The lowest BCUT2D eigenvalue weighted by Crippen LogP contribution is -2.69. The smallest absolute Gasteiger partial charge is 0.187 e. The molecule has 0 radical (unpaired) electrons. The van der Waals surface area contributed by atoms with E-state index >= 15 is 0 Å². The van der Waals surface area contributed by atoms with Gasteiger partial charge < -0.3 is 114 Å². The van der Waals surface area contributed by atoms with Crippen LogP contribution in [0.25, 0.3) is 0 Å². The summed E-state index contributed by atoms with van der Waals surface area (Å²) in [6.45, 7) is 18.1. The van der Waals surface area contributed by atoms with Gasteiger partial charge in [0.1, 0.15) is 91.6 Å². The fourth-order valence-corrected chi connectivity index (χ4v) is 16.2. The van der Waals surface area contributed by atoms with Gasteiger partial charge >= 0.3 is 0 Å². The Labute approximate surface area is 450 Å². The molecule has 0 aromatic heterocycles. The zero-order valence-corrected chi connectivity index (χ0v) is 45.8. The topological polar surface area (TPSA) is 377 Å². The third kappa shape index (κ3) is 10.7. The minimum absolute atomic E-state index is 0.0115. The molecule has 0 bridgehead atoms. The molecule has 31 atom stereocenters. The number of rotatable bonds is 16. The molecule has 4 aliphatic heterocycles. The Kier molecular flexibility index (Phi) is 18.6. The van der Waals surface area contributed by atoms with Crippen molar-refractivity contribution in [3.8, 4) is 0 Å². The summed E-state index contributed by atoms with van der Waals surface area (Å²) in [5.74, 6) is -0.393. The monoisotopic (exact) mass is 1110 g/mol. The number of aliphatic hydroxyl groups is 15. The Balaban J connectivity index is 1.02. The van der Waals surface area contributed by atoms with Crippen LogP contribution in [0.4, 0.5) is 0 Å². The van der Waals surface area contributed by atoms with Crippen LogP contribution in [-0.2, 0) is 37.9 Å². The van der Waals surface area contributed by atoms with Gasteiger partial charge in [-0.3, -0.25) is 0 Å². The molecule has 23 heteroatoms. The van der Waals surface area contributed by atoms with Crippen molar-refractivity contribution < 1.29 is 114 Å². The molecule has 0 aromatic rings. The number of aliphatic hydroxyl groups excluding tert-OH is 15. The highest BCUT2D eigenvalue weighted by atomic mass is 16.8. The Morgan fingerprint density at radius 2 is 1.18 bits per heavy atom. The van der Waals surface area contributed by atoms with E-state index < -0.39 is 183 Å². The van der Waals surface area contributed by atoms with Gasteiger partial charge in [-0.15, -0.1) is 0 Å². The predicted octanol–water partition coefficient (Wildman–Crippen LogP) is -2.20. The Bertz CT molecular complexity index is 2000. The molecule has 4 heterocycles. The Morgan fingerprint density at radius 3 is 1.81 bits per heavy atom. The number of hydrogen-bond donors (Lipinski definition) is 15.